The third kappa shape index (κ3) is 2.39. The molecule has 1 aliphatic heterocycles. The highest BCUT2D eigenvalue weighted by atomic mass is 16.5. The monoisotopic (exact) mass is 271 g/mol. The Balaban J connectivity index is 1.70. The lowest BCUT2D eigenvalue weighted by atomic mass is 10.1. The van der Waals surface area contributed by atoms with E-state index in [1.54, 1.807) is 0 Å². The molecule has 5 nitrogen and oxygen atoms in total. The Hall–Kier alpha value is -2.30. The average molecular weight is 271 g/mol. The molecule has 1 amide bonds. The smallest absolute Gasteiger partial charge is 0.228 e. The molecule has 0 saturated carbocycles. The van der Waals surface area contributed by atoms with E-state index >= 15 is 0 Å². The van der Waals surface area contributed by atoms with Crippen LogP contribution < -0.4 is 10.6 Å². The second-order valence-electron chi connectivity index (χ2n) is 5.08. The molecule has 0 spiro atoms. The van der Waals surface area contributed by atoms with Crippen molar-refractivity contribution < 1.29 is 9.32 Å². The van der Waals surface area contributed by atoms with Gasteiger partial charge in [0.15, 0.2) is 0 Å². The van der Waals surface area contributed by atoms with Gasteiger partial charge in [0.1, 0.15) is 5.76 Å². The third-order valence-corrected chi connectivity index (χ3v) is 3.62. The minimum absolute atomic E-state index is 0.0506. The van der Waals surface area contributed by atoms with E-state index in [1.807, 2.05) is 32.0 Å². The quantitative estimate of drug-likeness (QED) is 0.899. The van der Waals surface area contributed by atoms with Gasteiger partial charge in [-0.1, -0.05) is 5.16 Å². The van der Waals surface area contributed by atoms with Gasteiger partial charge < -0.3 is 15.2 Å². The number of amides is 1. The maximum atomic E-state index is 12.1. The Morgan fingerprint density at radius 2 is 2.30 bits per heavy atom. The fourth-order valence-electron chi connectivity index (χ4n) is 2.50. The summed E-state index contributed by atoms with van der Waals surface area (Å²) >= 11 is 0. The molecule has 1 aromatic carbocycles. The molecule has 1 aliphatic rings. The molecule has 2 heterocycles. The first-order valence-corrected chi connectivity index (χ1v) is 6.72. The molecule has 2 aromatic rings. The first kappa shape index (κ1) is 12.7. The largest absolute Gasteiger partial charge is 0.384 e. The predicted molar refractivity (Wildman–Crippen MR) is 76.9 cm³/mol. The number of benzene rings is 1. The Morgan fingerprint density at radius 1 is 1.45 bits per heavy atom. The van der Waals surface area contributed by atoms with Crippen LogP contribution in [0.15, 0.2) is 22.7 Å². The molecule has 20 heavy (non-hydrogen) atoms. The lowest BCUT2D eigenvalue weighted by Crippen LogP contribution is -2.15. The van der Waals surface area contributed by atoms with Crippen molar-refractivity contribution in [1.82, 2.24) is 5.16 Å². The molecule has 3 rings (SSSR count). The van der Waals surface area contributed by atoms with Gasteiger partial charge in [-0.25, -0.2) is 0 Å². The zero-order valence-electron chi connectivity index (χ0n) is 11.6. The molecule has 0 fully saturated rings. The van der Waals surface area contributed by atoms with E-state index in [9.17, 15) is 4.79 Å². The van der Waals surface area contributed by atoms with E-state index in [0.29, 0.717) is 5.76 Å². The van der Waals surface area contributed by atoms with E-state index in [4.69, 9.17) is 4.52 Å². The first-order valence-electron chi connectivity index (χ1n) is 6.72. The molecule has 0 radical (unpaired) electrons. The summed E-state index contributed by atoms with van der Waals surface area (Å²) in [5.41, 5.74) is 4.89. The van der Waals surface area contributed by atoms with Gasteiger partial charge in [0.25, 0.3) is 0 Å². The first-order chi connectivity index (χ1) is 9.63. The summed E-state index contributed by atoms with van der Waals surface area (Å²) in [5, 5.41) is 10.1. The van der Waals surface area contributed by atoms with Crippen molar-refractivity contribution in [2.75, 3.05) is 17.2 Å². The number of hydrogen-bond acceptors (Lipinski definition) is 4. The van der Waals surface area contributed by atoms with E-state index in [-0.39, 0.29) is 12.3 Å². The number of carbonyl (C=O) groups excluding carboxylic acids is 1. The summed E-state index contributed by atoms with van der Waals surface area (Å²) in [7, 11) is 0. The number of anilines is 2. The van der Waals surface area contributed by atoms with Gasteiger partial charge >= 0.3 is 0 Å². The van der Waals surface area contributed by atoms with Gasteiger partial charge in [-0.3, -0.25) is 4.79 Å². The van der Waals surface area contributed by atoms with E-state index in [1.165, 1.54) is 5.56 Å². The van der Waals surface area contributed by atoms with Crippen LogP contribution in [0.25, 0.3) is 0 Å². The second kappa shape index (κ2) is 5.00. The number of nitrogens with zero attached hydrogens (tertiary/aromatic N) is 1. The Morgan fingerprint density at radius 3 is 3.05 bits per heavy atom. The fraction of sp³-hybridized carbons (Fsp3) is 0.333. The highest BCUT2D eigenvalue weighted by Crippen LogP contribution is 2.25. The molecule has 5 heteroatoms. The van der Waals surface area contributed by atoms with Crippen LogP contribution in [0.4, 0.5) is 11.4 Å². The minimum atomic E-state index is -0.0506. The zero-order valence-corrected chi connectivity index (χ0v) is 11.6. The summed E-state index contributed by atoms with van der Waals surface area (Å²) in [6.07, 6.45) is 1.29. The number of hydrogen-bond donors (Lipinski definition) is 2. The van der Waals surface area contributed by atoms with Gasteiger partial charge in [0.05, 0.1) is 12.1 Å². The van der Waals surface area contributed by atoms with Crippen LogP contribution in [0.5, 0.6) is 0 Å². The number of rotatable bonds is 3. The second-order valence-corrected chi connectivity index (χ2v) is 5.08. The molecular formula is C15H17N3O2. The molecule has 2 N–H and O–H groups in total. The van der Waals surface area contributed by atoms with Crippen molar-refractivity contribution in [2.24, 2.45) is 0 Å². The topological polar surface area (TPSA) is 67.2 Å². The number of aryl methyl sites for hydroxylation is 2. The van der Waals surface area contributed by atoms with Crippen LogP contribution in [-0.2, 0) is 17.6 Å². The van der Waals surface area contributed by atoms with Gasteiger partial charge in [-0.15, -0.1) is 0 Å². The highest BCUT2D eigenvalue weighted by molar-refractivity contribution is 5.92. The van der Waals surface area contributed by atoms with Crippen molar-refractivity contribution in [2.45, 2.75) is 26.7 Å². The summed E-state index contributed by atoms with van der Waals surface area (Å²) in [6.45, 7) is 4.63. The van der Waals surface area contributed by atoms with Crippen LogP contribution in [-0.4, -0.2) is 17.6 Å². The van der Waals surface area contributed by atoms with Crippen molar-refractivity contribution in [3.8, 4) is 0 Å². The Labute approximate surface area is 117 Å². The van der Waals surface area contributed by atoms with Crippen molar-refractivity contribution in [1.29, 1.82) is 0 Å². The van der Waals surface area contributed by atoms with Gasteiger partial charge in [-0.2, -0.15) is 0 Å². The predicted octanol–water partition coefficient (Wildman–Crippen LogP) is 2.44. The highest BCUT2D eigenvalue weighted by Gasteiger charge is 2.15. The number of fused-ring (bicyclic) bond motifs is 1. The minimum Gasteiger partial charge on any atom is -0.384 e. The molecule has 104 valence electrons. The third-order valence-electron chi connectivity index (χ3n) is 3.62. The molecule has 1 aromatic heterocycles. The van der Waals surface area contributed by atoms with Gasteiger partial charge in [0, 0.05) is 23.5 Å². The van der Waals surface area contributed by atoms with Crippen molar-refractivity contribution in [3.05, 3.63) is 40.8 Å². The Bertz CT molecular complexity index is 642. The van der Waals surface area contributed by atoms with Gasteiger partial charge in [-0.05, 0) is 44.0 Å². The fourth-order valence-corrected chi connectivity index (χ4v) is 2.50. The van der Waals surface area contributed by atoms with Crippen LogP contribution in [0.1, 0.15) is 22.6 Å². The van der Waals surface area contributed by atoms with Crippen LogP contribution in [0.2, 0.25) is 0 Å². The summed E-state index contributed by atoms with van der Waals surface area (Å²) < 4.78 is 5.07. The molecular weight excluding hydrogens is 254 g/mol. The number of carbonyl (C=O) groups is 1. The lowest BCUT2D eigenvalue weighted by molar-refractivity contribution is -0.115. The van der Waals surface area contributed by atoms with Crippen LogP contribution in [0.3, 0.4) is 0 Å². The van der Waals surface area contributed by atoms with E-state index < -0.39 is 0 Å². The molecule has 0 aliphatic carbocycles. The van der Waals surface area contributed by atoms with Crippen molar-refractivity contribution in [3.63, 3.8) is 0 Å². The molecule has 0 saturated heterocycles. The van der Waals surface area contributed by atoms with E-state index in [2.05, 4.69) is 15.8 Å². The van der Waals surface area contributed by atoms with Crippen LogP contribution >= 0.6 is 0 Å². The lowest BCUT2D eigenvalue weighted by Gasteiger charge is -2.07. The summed E-state index contributed by atoms with van der Waals surface area (Å²) in [5.74, 6) is 0.654. The maximum absolute atomic E-state index is 12.1. The number of aromatic nitrogens is 1. The SMILES string of the molecule is Cc1noc(C)c1CC(=O)Nc1ccc2c(c1)CCN2. The average Bonchev–Trinajstić information content (AvgIpc) is 3.00. The van der Waals surface area contributed by atoms with Crippen LogP contribution in [0, 0.1) is 13.8 Å². The summed E-state index contributed by atoms with van der Waals surface area (Å²) in [4.78, 5) is 12.1. The standard InChI is InChI=1S/C15H17N3O2/c1-9-13(10(2)20-18-9)8-15(19)17-12-3-4-14-11(7-12)5-6-16-14/h3-4,7,16H,5-6,8H2,1-2H3,(H,17,19). The zero-order chi connectivity index (χ0) is 14.1. The summed E-state index contributed by atoms with van der Waals surface area (Å²) in [6, 6.07) is 5.96. The van der Waals surface area contributed by atoms with E-state index in [0.717, 1.165) is 35.6 Å². The normalized spacial score (nSPS) is 12.9. The molecule has 0 atom stereocenters. The molecule has 0 bridgehead atoms. The maximum Gasteiger partial charge on any atom is 0.228 e. The molecule has 0 unspecified atom stereocenters. The number of nitrogens with one attached hydrogen (secondary N) is 2. The van der Waals surface area contributed by atoms with Gasteiger partial charge in [0.2, 0.25) is 5.91 Å². The Kier molecular flexibility index (Phi) is 3.18. The van der Waals surface area contributed by atoms with Crippen molar-refractivity contribution >= 4 is 17.3 Å².